The number of carboxylic acids is 1. The lowest BCUT2D eigenvalue weighted by Gasteiger charge is -2.50. The lowest BCUT2D eigenvalue weighted by atomic mass is 9.86. The van der Waals surface area contributed by atoms with Gasteiger partial charge < -0.3 is 86.8 Å². The summed E-state index contributed by atoms with van der Waals surface area (Å²) in [5, 5.41) is 89.9. The number of nitrogens with two attached hydrogens (primary N) is 3. The molecule has 15 atom stereocenters. The van der Waals surface area contributed by atoms with Gasteiger partial charge in [-0.1, -0.05) is 0 Å². The Balaban J connectivity index is 1.78. The van der Waals surface area contributed by atoms with Crippen LogP contribution in [0.2, 0.25) is 0 Å². The third-order valence-corrected chi connectivity index (χ3v) is 6.84. The summed E-state index contributed by atoms with van der Waals surface area (Å²) in [4.78, 5) is 11.7. The predicted molar refractivity (Wildman–Crippen MR) is 114 cm³/mol. The molecule has 15 N–H and O–H groups in total. The van der Waals surface area contributed by atoms with E-state index in [1.54, 1.807) is 0 Å². The molecule has 18 nitrogen and oxygen atoms in total. The summed E-state index contributed by atoms with van der Waals surface area (Å²) in [5.41, 5.74) is 14.8. The van der Waals surface area contributed by atoms with Gasteiger partial charge in [0.1, 0.15) is 48.8 Å². The number of aliphatic carboxylic acids is 1. The third kappa shape index (κ3) is 5.47. The summed E-state index contributed by atoms with van der Waals surface area (Å²) >= 11 is 0. The van der Waals surface area contributed by atoms with E-state index in [1.807, 2.05) is 0 Å². The maximum absolute atomic E-state index is 11.7. The van der Waals surface area contributed by atoms with Crippen molar-refractivity contribution < 1.29 is 74.4 Å². The Morgan fingerprint density at radius 3 is 1.76 bits per heavy atom. The van der Waals surface area contributed by atoms with Crippen molar-refractivity contribution in [2.45, 2.75) is 91.4 Å². The molecule has 37 heavy (non-hydrogen) atoms. The van der Waals surface area contributed by atoms with Crippen molar-refractivity contribution in [3.05, 3.63) is 0 Å². The average molecular weight is 545 g/mol. The van der Waals surface area contributed by atoms with Gasteiger partial charge in [-0.2, -0.15) is 0 Å². The number of rotatable bonds is 8. The van der Waals surface area contributed by atoms with Crippen molar-refractivity contribution in [3.63, 3.8) is 0 Å². The Hall–Kier alpha value is -1.17. The van der Waals surface area contributed by atoms with Gasteiger partial charge in [0, 0.05) is 0 Å². The Bertz CT molecular complexity index is 779. The van der Waals surface area contributed by atoms with Crippen LogP contribution >= 0.6 is 0 Å². The maximum atomic E-state index is 11.7. The molecule has 0 aliphatic carbocycles. The van der Waals surface area contributed by atoms with Gasteiger partial charge in [-0.3, -0.25) is 0 Å². The highest BCUT2D eigenvalue weighted by molar-refractivity contribution is 5.79. The summed E-state index contributed by atoms with van der Waals surface area (Å²) in [6, 6.07) is -4.35. The Labute approximate surface area is 209 Å². The molecule has 18 heteroatoms. The first kappa shape index (κ1) is 30.4. The molecule has 3 aliphatic rings. The fourth-order valence-electron chi connectivity index (χ4n) is 4.45. The van der Waals surface area contributed by atoms with Crippen molar-refractivity contribution in [3.8, 4) is 0 Å². The largest absolute Gasteiger partial charge is 0.479 e. The molecule has 0 radical (unpaired) electrons. The molecule has 3 fully saturated rings. The van der Waals surface area contributed by atoms with Crippen molar-refractivity contribution in [2.75, 3.05) is 19.8 Å². The van der Waals surface area contributed by atoms with Gasteiger partial charge in [-0.05, 0) is 0 Å². The van der Waals surface area contributed by atoms with Gasteiger partial charge in [0.25, 0.3) is 0 Å². The molecule has 0 saturated carbocycles. The SMILES string of the molecule is N[C@H]1[C@@H](OC2[C@@H](CO)O[C@@H](OC3[C@@H](CO)O[C@@H](O)[C@H](N)[C@H]3O)[C@H](N)[C@H]2O)O[C@@](CO)(C(=O)O)[C@@H](O)[C@@H]1O. The van der Waals surface area contributed by atoms with E-state index < -0.39 is 117 Å². The third-order valence-electron chi connectivity index (χ3n) is 6.84. The van der Waals surface area contributed by atoms with Crippen LogP contribution in [0.25, 0.3) is 0 Å². The normalized spacial score (nSPS) is 51.1. The lowest BCUT2D eigenvalue weighted by Crippen LogP contribution is -2.73. The van der Waals surface area contributed by atoms with Gasteiger partial charge in [0.2, 0.25) is 5.60 Å². The molecule has 0 aromatic rings. The van der Waals surface area contributed by atoms with Crippen molar-refractivity contribution in [1.82, 2.24) is 0 Å². The first-order valence-corrected chi connectivity index (χ1v) is 11.4. The van der Waals surface area contributed by atoms with Crippen LogP contribution in [0.4, 0.5) is 0 Å². The molecule has 0 amide bonds. The highest BCUT2D eigenvalue weighted by Crippen LogP contribution is 2.34. The van der Waals surface area contributed by atoms with E-state index in [9.17, 15) is 50.8 Å². The zero-order valence-electron chi connectivity index (χ0n) is 19.4. The highest BCUT2D eigenvalue weighted by atomic mass is 16.7. The number of ether oxygens (including phenoxy) is 5. The Kier molecular flexibility index (Phi) is 9.78. The molecule has 216 valence electrons. The van der Waals surface area contributed by atoms with E-state index >= 15 is 0 Å². The van der Waals surface area contributed by atoms with Crippen molar-refractivity contribution in [1.29, 1.82) is 0 Å². The minimum Gasteiger partial charge on any atom is -0.479 e. The topological polar surface area (TPSA) is 323 Å². The van der Waals surface area contributed by atoms with Crippen LogP contribution < -0.4 is 17.2 Å². The molecule has 0 spiro atoms. The Morgan fingerprint density at radius 2 is 1.24 bits per heavy atom. The quantitative estimate of drug-likeness (QED) is 0.135. The fourth-order valence-corrected chi connectivity index (χ4v) is 4.45. The second-order valence-electron chi connectivity index (χ2n) is 9.16. The average Bonchev–Trinajstić information content (AvgIpc) is 2.88. The van der Waals surface area contributed by atoms with Crippen LogP contribution in [0, 0.1) is 0 Å². The maximum Gasteiger partial charge on any atom is 0.341 e. The second kappa shape index (κ2) is 11.9. The smallest absolute Gasteiger partial charge is 0.341 e. The molecule has 0 aromatic carbocycles. The minimum atomic E-state index is -2.72. The predicted octanol–water partition coefficient (Wildman–Crippen LogP) is -8.22. The monoisotopic (exact) mass is 545 g/mol. The van der Waals surface area contributed by atoms with Crippen LogP contribution in [-0.2, 0) is 28.5 Å². The second-order valence-corrected chi connectivity index (χ2v) is 9.16. The molecular formula is C19H35N3O15. The van der Waals surface area contributed by atoms with Crippen LogP contribution in [0.15, 0.2) is 0 Å². The van der Waals surface area contributed by atoms with Gasteiger partial charge in [-0.15, -0.1) is 0 Å². The summed E-state index contributed by atoms with van der Waals surface area (Å²) in [6.45, 7) is -2.80. The molecule has 2 unspecified atom stereocenters. The molecule has 3 heterocycles. The van der Waals surface area contributed by atoms with E-state index in [1.165, 1.54) is 0 Å². The van der Waals surface area contributed by atoms with E-state index in [2.05, 4.69) is 0 Å². The lowest BCUT2D eigenvalue weighted by molar-refractivity contribution is -0.357. The van der Waals surface area contributed by atoms with E-state index in [4.69, 9.17) is 40.9 Å². The summed E-state index contributed by atoms with van der Waals surface area (Å²) < 4.78 is 27.1. The molecule has 3 aliphatic heterocycles. The molecule has 0 bridgehead atoms. The Morgan fingerprint density at radius 1 is 0.757 bits per heavy atom. The van der Waals surface area contributed by atoms with Gasteiger partial charge in [-0.25, -0.2) is 4.79 Å². The number of carboxylic acid groups (broad SMARTS) is 1. The van der Waals surface area contributed by atoms with Crippen LogP contribution in [-0.4, -0.2) is 163 Å². The number of hydrogen-bond donors (Lipinski definition) is 12. The summed E-state index contributed by atoms with van der Waals surface area (Å²) in [7, 11) is 0. The highest BCUT2D eigenvalue weighted by Gasteiger charge is 2.59. The number of carbonyl (C=O) groups is 1. The van der Waals surface area contributed by atoms with Crippen molar-refractivity contribution in [2.24, 2.45) is 17.2 Å². The first-order valence-electron chi connectivity index (χ1n) is 11.4. The molecule has 3 rings (SSSR count). The number of hydrogen-bond acceptors (Lipinski definition) is 17. The minimum absolute atomic E-state index is 0.702. The standard InChI is InChI=1S/C19H35N3O15/c20-6-9(26)12(4(1-23)33-15(6)30)35-16-7(21)10(27)13(5(2-24)34-16)36-17-8(22)11(28)14(29)19(3-25,37-17)18(31)32/h4-17,23-30H,1-3,20-22H2,(H,31,32)/t4-,5-,6-,7-,8-,9-,10-,11-,12?,13?,14+,15-,16+,17+,19-/m1/s1. The fraction of sp³-hybridized carbons (Fsp3) is 0.947. The molecule has 3 saturated heterocycles. The van der Waals surface area contributed by atoms with Crippen LogP contribution in [0.5, 0.6) is 0 Å². The zero-order valence-corrected chi connectivity index (χ0v) is 19.4. The molecule has 0 aromatic heterocycles. The molecular weight excluding hydrogens is 510 g/mol. The van der Waals surface area contributed by atoms with Crippen LogP contribution in [0.3, 0.4) is 0 Å². The number of aliphatic hydroxyl groups excluding tert-OH is 8. The number of aliphatic hydroxyl groups is 8. The van der Waals surface area contributed by atoms with Gasteiger partial charge in [0.05, 0.1) is 37.9 Å². The summed E-state index contributed by atoms with van der Waals surface area (Å²) in [5.74, 6) is -1.83. The van der Waals surface area contributed by atoms with Gasteiger partial charge >= 0.3 is 5.97 Å². The summed E-state index contributed by atoms with van der Waals surface area (Å²) in [6.07, 6.45) is -18.0. The van der Waals surface area contributed by atoms with E-state index in [-0.39, 0.29) is 0 Å². The van der Waals surface area contributed by atoms with E-state index in [0.29, 0.717) is 0 Å². The van der Waals surface area contributed by atoms with Crippen LogP contribution in [0.1, 0.15) is 0 Å². The van der Waals surface area contributed by atoms with Gasteiger partial charge in [0.15, 0.2) is 18.9 Å². The van der Waals surface area contributed by atoms with E-state index in [0.717, 1.165) is 0 Å². The first-order chi connectivity index (χ1) is 17.3. The zero-order chi connectivity index (χ0) is 27.8. The van der Waals surface area contributed by atoms with Crippen molar-refractivity contribution >= 4 is 5.97 Å².